The third kappa shape index (κ3) is 5.43. The molecule has 2 N–H and O–H groups in total. The molecule has 0 saturated carbocycles. The molecule has 1 aromatic heterocycles. The minimum Gasteiger partial charge on any atom is -0.366 e. The summed E-state index contributed by atoms with van der Waals surface area (Å²) in [5.74, 6) is 0.707. The highest BCUT2D eigenvalue weighted by Crippen LogP contribution is 2.14. The second kappa shape index (κ2) is 8.44. The van der Waals surface area contributed by atoms with E-state index in [1.54, 1.807) is 6.20 Å². The molecule has 0 aliphatic heterocycles. The maximum atomic E-state index is 12.1. The zero-order chi connectivity index (χ0) is 17.5. The van der Waals surface area contributed by atoms with E-state index in [1.165, 1.54) is 5.56 Å². The lowest BCUT2D eigenvalue weighted by molar-refractivity contribution is -0.115. The number of hydrogen-bond donors (Lipinski definition) is 2. The zero-order valence-electron chi connectivity index (χ0n) is 13.6. The van der Waals surface area contributed by atoms with E-state index in [2.05, 4.69) is 43.7 Å². The number of anilines is 2. The molecule has 5 heteroatoms. The second-order valence-corrected chi connectivity index (χ2v) is 6.54. The largest absolute Gasteiger partial charge is 0.366 e. The molecular formula is C20H18BrN3O. The van der Waals surface area contributed by atoms with Crippen molar-refractivity contribution in [3.8, 4) is 0 Å². The molecule has 3 rings (SSSR count). The lowest BCUT2D eigenvalue weighted by Gasteiger charge is -2.08. The number of rotatable bonds is 6. The van der Waals surface area contributed by atoms with Crippen molar-refractivity contribution in [1.82, 2.24) is 4.98 Å². The molecule has 0 aliphatic rings. The lowest BCUT2D eigenvalue weighted by atomic mass is 10.1. The Bertz CT molecular complexity index is 835. The molecular weight excluding hydrogens is 378 g/mol. The van der Waals surface area contributed by atoms with Gasteiger partial charge in [-0.25, -0.2) is 4.98 Å². The second-order valence-electron chi connectivity index (χ2n) is 5.63. The van der Waals surface area contributed by atoms with Gasteiger partial charge in [-0.1, -0.05) is 58.4 Å². The van der Waals surface area contributed by atoms with Gasteiger partial charge in [0, 0.05) is 11.0 Å². The molecule has 126 valence electrons. The Morgan fingerprint density at radius 1 is 0.960 bits per heavy atom. The summed E-state index contributed by atoms with van der Waals surface area (Å²) in [5, 5.41) is 6.12. The molecule has 1 heterocycles. The first-order chi connectivity index (χ1) is 12.2. The summed E-state index contributed by atoms with van der Waals surface area (Å²) in [7, 11) is 0. The number of halogens is 1. The van der Waals surface area contributed by atoms with Crippen molar-refractivity contribution in [3.63, 3.8) is 0 Å². The molecule has 0 spiro atoms. The summed E-state index contributed by atoms with van der Waals surface area (Å²) in [6, 6.07) is 21.6. The number of amides is 1. The quantitative estimate of drug-likeness (QED) is 0.639. The Balaban J connectivity index is 1.52. The Hall–Kier alpha value is -2.66. The number of carbonyl (C=O) groups is 1. The summed E-state index contributed by atoms with van der Waals surface area (Å²) in [4.78, 5) is 16.5. The molecule has 2 aromatic carbocycles. The topological polar surface area (TPSA) is 54.0 Å². The fraction of sp³-hybridized carbons (Fsp3) is 0.100. The molecule has 0 saturated heterocycles. The lowest BCUT2D eigenvalue weighted by Crippen LogP contribution is -2.14. The third-order valence-corrected chi connectivity index (χ3v) is 4.11. The van der Waals surface area contributed by atoms with E-state index in [4.69, 9.17) is 0 Å². The first-order valence-corrected chi connectivity index (χ1v) is 8.76. The summed E-state index contributed by atoms with van der Waals surface area (Å²) >= 11 is 3.41. The highest BCUT2D eigenvalue weighted by molar-refractivity contribution is 9.10. The SMILES string of the molecule is O=C(Cc1cccc(Br)c1)Nc1ccc(NCc2ccccc2)nc1. The van der Waals surface area contributed by atoms with E-state index < -0.39 is 0 Å². The number of pyridine rings is 1. The monoisotopic (exact) mass is 395 g/mol. The number of carbonyl (C=O) groups excluding carboxylic acids is 1. The van der Waals surface area contributed by atoms with Crippen LogP contribution in [0.2, 0.25) is 0 Å². The van der Waals surface area contributed by atoms with Gasteiger partial charge in [0.15, 0.2) is 0 Å². The van der Waals surface area contributed by atoms with Gasteiger partial charge >= 0.3 is 0 Å². The average molecular weight is 396 g/mol. The molecule has 0 bridgehead atoms. The Morgan fingerprint density at radius 2 is 1.76 bits per heavy atom. The smallest absolute Gasteiger partial charge is 0.228 e. The van der Waals surface area contributed by atoms with Gasteiger partial charge in [-0.05, 0) is 35.4 Å². The van der Waals surface area contributed by atoms with E-state index in [0.29, 0.717) is 18.7 Å². The van der Waals surface area contributed by atoms with Gasteiger partial charge in [0.05, 0.1) is 18.3 Å². The van der Waals surface area contributed by atoms with Crippen molar-refractivity contribution >= 4 is 33.3 Å². The van der Waals surface area contributed by atoms with Gasteiger partial charge in [-0.15, -0.1) is 0 Å². The average Bonchev–Trinajstić information content (AvgIpc) is 2.62. The van der Waals surface area contributed by atoms with Crippen LogP contribution >= 0.6 is 15.9 Å². The van der Waals surface area contributed by atoms with Crippen LogP contribution in [0.5, 0.6) is 0 Å². The predicted molar refractivity (Wildman–Crippen MR) is 104 cm³/mol. The van der Waals surface area contributed by atoms with Crippen molar-refractivity contribution in [2.75, 3.05) is 10.6 Å². The fourth-order valence-corrected chi connectivity index (χ4v) is 2.85. The first kappa shape index (κ1) is 17.2. The van der Waals surface area contributed by atoms with E-state index in [-0.39, 0.29) is 5.91 Å². The van der Waals surface area contributed by atoms with Crippen LogP contribution in [0.4, 0.5) is 11.5 Å². The van der Waals surface area contributed by atoms with Crippen LogP contribution in [-0.2, 0) is 17.8 Å². The van der Waals surface area contributed by atoms with Crippen LogP contribution in [0.15, 0.2) is 77.4 Å². The van der Waals surface area contributed by atoms with Crippen molar-refractivity contribution in [3.05, 3.63) is 88.5 Å². The molecule has 0 unspecified atom stereocenters. The zero-order valence-corrected chi connectivity index (χ0v) is 15.2. The number of nitrogens with zero attached hydrogens (tertiary/aromatic N) is 1. The van der Waals surface area contributed by atoms with Crippen LogP contribution in [0.25, 0.3) is 0 Å². The van der Waals surface area contributed by atoms with Crippen LogP contribution in [-0.4, -0.2) is 10.9 Å². The highest BCUT2D eigenvalue weighted by atomic mass is 79.9. The van der Waals surface area contributed by atoms with Crippen LogP contribution in [0.1, 0.15) is 11.1 Å². The van der Waals surface area contributed by atoms with Crippen molar-refractivity contribution in [2.24, 2.45) is 0 Å². The fourth-order valence-electron chi connectivity index (χ4n) is 2.40. The molecule has 3 aromatic rings. The summed E-state index contributed by atoms with van der Waals surface area (Å²) < 4.78 is 0.966. The van der Waals surface area contributed by atoms with E-state index in [0.717, 1.165) is 15.9 Å². The third-order valence-electron chi connectivity index (χ3n) is 3.62. The van der Waals surface area contributed by atoms with E-state index in [9.17, 15) is 4.79 Å². The molecule has 0 aliphatic carbocycles. The number of hydrogen-bond acceptors (Lipinski definition) is 3. The highest BCUT2D eigenvalue weighted by Gasteiger charge is 2.05. The molecule has 4 nitrogen and oxygen atoms in total. The van der Waals surface area contributed by atoms with Crippen molar-refractivity contribution in [2.45, 2.75) is 13.0 Å². The molecule has 25 heavy (non-hydrogen) atoms. The van der Waals surface area contributed by atoms with Gasteiger partial charge < -0.3 is 10.6 Å². The van der Waals surface area contributed by atoms with Crippen LogP contribution < -0.4 is 10.6 Å². The maximum absolute atomic E-state index is 12.1. The van der Waals surface area contributed by atoms with Gasteiger partial charge in [-0.2, -0.15) is 0 Å². The molecule has 0 fully saturated rings. The van der Waals surface area contributed by atoms with Crippen LogP contribution in [0.3, 0.4) is 0 Å². The van der Waals surface area contributed by atoms with Gasteiger partial charge in [0.2, 0.25) is 5.91 Å². The van der Waals surface area contributed by atoms with Gasteiger partial charge in [-0.3, -0.25) is 4.79 Å². The summed E-state index contributed by atoms with van der Waals surface area (Å²) in [6.45, 7) is 0.711. The Morgan fingerprint density at radius 3 is 2.48 bits per heavy atom. The normalized spacial score (nSPS) is 10.3. The standard InChI is InChI=1S/C20H18BrN3O/c21-17-8-4-7-16(11-17)12-20(25)24-18-9-10-19(23-14-18)22-13-15-5-2-1-3-6-15/h1-11,14H,12-13H2,(H,22,23)(H,24,25). The van der Waals surface area contributed by atoms with Crippen LogP contribution in [0, 0.1) is 0 Å². The first-order valence-electron chi connectivity index (χ1n) is 7.97. The minimum atomic E-state index is -0.0649. The van der Waals surface area contributed by atoms with Gasteiger partial charge in [0.25, 0.3) is 0 Å². The number of benzene rings is 2. The number of nitrogens with one attached hydrogen (secondary N) is 2. The number of aromatic nitrogens is 1. The minimum absolute atomic E-state index is 0.0649. The van der Waals surface area contributed by atoms with Gasteiger partial charge in [0.1, 0.15) is 5.82 Å². The van der Waals surface area contributed by atoms with E-state index >= 15 is 0 Å². The maximum Gasteiger partial charge on any atom is 0.228 e. The van der Waals surface area contributed by atoms with Crippen molar-refractivity contribution < 1.29 is 4.79 Å². The van der Waals surface area contributed by atoms with E-state index in [1.807, 2.05) is 54.6 Å². The Kier molecular flexibility index (Phi) is 5.80. The molecule has 0 radical (unpaired) electrons. The Labute approximate surface area is 155 Å². The predicted octanol–water partition coefficient (Wildman–Crippen LogP) is 4.64. The summed E-state index contributed by atoms with van der Waals surface area (Å²) in [6.07, 6.45) is 1.99. The molecule has 0 atom stereocenters. The summed E-state index contributed by atoms with van der Waals surface area (Å²) in [5.41, 5.74) is 2.84. The van der Waals surface area contributed by atoms with Crippen molar-refractivity contribution in [1.29, 1.82) is 0 Å². The molecule has 1 amide bonds.